The molecule has 3 aromatic rings. The van der Waals surface area contributed by atoms with Crippen LogP contribution in [0.4, 0.5) is 0 Å². The smallest absolute Gasteiger partial charge is 0.163 e. The quantitative estimate of drug-likeness (QED) is 0.477. The average Bonchev–Trinajstić information content (AvgIpc) is 2.40. The Hall–Kier alpha value is -0.870. The van der Waals surface area contributed by atoms with Crippen LogP contribution in [0.2, 0.25) is 15.2 Å². The first-order valence-electron chi connectivity index (χ1n) is 5.63. The number of nitrogens with zero attached hydrogens (tertiary/aromatic N) is 2. The molecule has 0 unspecified atom stereocenters. The molecule has 20 heavy (non-hydrogen) atoms. The molecule has 0 fully saturated rings. The minimum atomic E-state index is 0.353. The molecule has 0 saturated heterocycles. The van der Waals surface area contributed by atoms with Crippen LogP contribution in [0.5, 0.6) is 0 Å². The van der Waals surface area contributed by atoms with Gasteiger partial charge in [-0.05, 0) is 30.3 Å². The van der Waals surface area contributed by atoms with E-state index in [9.17, 15) is 0 Å². The summed E-state index contributed by atoms with van der Waals surface area (Å²) in [6, 6.07) is 10.9. The number of para-hydroxylation sites is 1. The first-order chi connectivity index (χ1) is 9.56. The molecule has 0 spiro atoms. The zero-order chi connectivity index (χ0) is 14.3. The highest BCUT2D eigenvalue weighted by atomic mass is 79.9. The van der Waals surface area contributed by atoms with Crippen molar-refractivity contribution in [3.63, 3.8) is 0 Å². The Balaban J connectivity index is 2.29. The molecular weight excluding hydrogens is 382 g/mol. The third-order valence-corrected chi connectivity index (χ3v) is 4.20. The Morgan fingerprint density at radius 2 is 1.70 bits per heavy atom. The van der Waals surface area contributed by atoms with Gasteiger partial charge in [-0.25, -0.2) is 9.97 Å². The number of hydrogen-bond acceptors (Lipinski definition) is 2. The van der Waals surface area contributed by atoms with Crippen molar-refractivity contribution in [3.8, 4) is 11.4 Å². The van der Waals surface area contributed by atoms with Gasteiger partial charge < -0.3 is 0 Å². The predicted octanol–water partition coefficient (Wildman–Crippen LogP) is 6.02. The van der Waals surface area contributed by atoms with Crippen molar-refractivity contribution in [1.29, 1.82) is 0 Å². The second-order valence-electron chi connectivity index (χ2n) is 4.10. The summed E-state index contributed by atoms with van der Waals surface area (Å²) in [5.41, 5.74) is 1.32. The predicted molar refractivity (Wildman–Crippen MR) is 87.7 cm³/mol. The molecule has 1 heterocycles. The number of fused-ring (bicyclic) bond motifs is 1. The lowest BCUT2D eigenvalue weighted by molar-refractivity contribution is 1.23. The average molecular weight is 388 g/mol. The highest BCUT2D eigenvalue weighted by Crippen LogP contribution is 2.32. The SMILES string of the molecule is Clc1cc(Br)ccc1-c1nc(Cl)c2cccc(Cl)c2n1. The summed E-state index contributed by atoms with van der Waals surface area (Å²) in [7, 11) is 0. The van der Waals surface area contributed by atoms with Gasteiger partial charge in [0.1, 0.15) is 5.15 Å². The molecule has 1 aromatic heterocycles. The zero-order valence-electron chi connectivity index (χ0n) is 9.87. The van der Waals surface area contributed by atoms with Crippen molar-refractivity contribution >= 4 is 61.6 Å². The first-order valence-corrected chi connectivity index (χ1v) is 7.56. The summed E-state index contributed by atoms with van der Waals surface area (Å²) in [4.78, 5) is 8.77. The molecule has 0 aliphatic heterocycles. The van der Waals surface area contributed by atoms with Gasteiger partial charge in [0.2, 0.25) is 0 Å². The summed E-state index contributed by atoms with van der Waals surface area (Å²) in [5, 5.41) is 2.14. The number of aromatic nitrogens is 2. The maximum absolute atomic E-state index is 6.22. The lowest BCUT2D eigenvalue weighted by Gasteiger charge is -2.07. The van der Waals surface area contributed by atoms with Gasteiger partial charge in [-0.2, -0.15) is 0 Å². The maximum atomic E-state index is 6.22. The molecule has 3 rings (SSSR count). The van der Waals surface area contributed by atoms with E-state index in [2.05, 4.69) is 25.9 Å². The molecular formula is C14H6BrCl3N2. The van der Waals surface area contributed by atoms with Crippen LogP contribution in [0, 0.1) is 0 Å². The molecule has 0 aliphatic carbocycles. The molecule has 0 amide bonds. The molecule has 0 bridgehead atoms. The van der Waals surface area contributed by atoms with Gasteiger partial charge in [-0.15, -0.1) is 0 Å². The topological polar surface area (TPSA) is 25.8 Å². The largest absolute Gasteiger partial charge is 0.226 e. The molecule has 0 aliphatic rings. The van der Waals surface area contributed by atoms with E-state index >= 15 is 0 Å². The summed E-state index contributed by atoms with van der Waals surface area (Å²) in [6.45, 7) is 0. The van der Waals surface area contributed by atoms with E-state index in [1.54, 1.807) is 12.1 Å². The van der Waals surface area contributed by atoms with Gasteiger partial charge in [0.15, 0.2) is 5.82 Å². The van der Waals surface area contributed by atoms with Gasteiger partial charge in [0.25, 0.3) is 0 Å². The lowest BCUT2D eigenvalue weighted by Crippen LogP contribution is -1.93. The van der Waals surface area contributed by atoms with Crippen LogP contribution in [-0.4, -0.2) is 9.97 Å². The Labute approximate surface area is 138 Å². The van der Waals surface area contributed by atoms with E-state index in [0.717, 1.165) is 9.86 Å². The first kappa shape index (κ1) is 14.1. The summed E-state index contributed by atoms with van der Waals surface area (Å²) in [5.74, 6) is 0.452. The highest BCUT2D eigenvalue weighted by Gasteiger charge is 2.12. The molecule has 0 N–H and O–H groups in total. The summed E-state index contributed by atoms with van der Waals surface area (Å²) in [6.07, 6.45) is 0. The van der Waals surface area contributed by atoms with Crippen LogP contribution in [0.3, 0.4) is 0 Å². The molecule has 100 valence electrons. The lowest BCUT2D eigenvalue weighted by atomic mass is 10.2. The second-order valence-corrected chi connectivity index (χ2v) is 6.19. The monoisotopic (exact) mass is 386 g/mol. The van der Waals surface area contributed by atoms with Crippen LogP contribution >= 0.6 is 50.7 Å². The van der Waals surface area contributed by atoms with E-state index in [0.29, 0.717) is 32.1 Å². The Morgan fingerprint density at radius 3 is 2.45 bits per heavy atom. The fourth-order valence-electron chi connectivity index (χ4n) is 1.87. The summed E-state index contributed by atoms with van der Waals surface area (Å²) >= 11 is 22.0. The van der Waals surface area contributed by atoms with Gasteiger partial charge in [-0.3, -0.25) is 0 Å². The van der Waals surface area contributed by atoms with Crippen LogP contribution in [0.1, 0.15) is 0 Å². The second kappa shape index (κ2) is 5.49. The van der Waals surface area contributed by atoms with Crippen LogP contribution in [0.25, 0.3) is 22.3 Å². The van der Waals surface area contributed by atoms with Crippen molar-refractivity contribution in [2.45, 2.75) is 0 Å². The van der Waals surface area contributed by atoms with Gasteiger partial charge >= 0.3 is 0 Å². The van der Waals surface area contributed by atoms with E-state index in [1.165, 1.54) is 0 Å². The van der Waals surface area contributed by atoms with E-state index in [-0.39, 0.29) is 0 Å². The van der Waals surface area contributed by atoms with E-state index in [4.69, 9.17) is 34.8 Å². The van der Waals surface area contributed by atoms with Crippen LogP contribution < -0.4 is 0 Å². The van der Waals surface area contributed by atoms with Crippen molar-refractivity contribution in [1.82, 2.24) is 9.97 Å². The molecule has 2 aromatic carbocycles. The number of hydrogen-bond donors (Lipinski definition) is 0. The van der Waals surface area contributed by atoms with Gasteiger partial charge in [-0.1, -0.05) is 56.8 Å². The minimum absolute atomic E-state index is 0.353. The molecule has 6 heteroatoms. The van der Waals surface area contributed by atoms with Gasteiger partial charge in [0.05, 0.1) is 15.6 Å². The minimum Gasteiger partial charge on any atom is -0.226 e. The van der Waals surface area contributed by atoms with Gasteiger partial charge in [0, 0.05) is 15.4 Å². The van der Waals surface area contributed by atoms with Crippen molar-refractivity contribution in [2.75, 3.05) is 0 Å². The third-order valence-electron chi connectivity index (χ3n) is 2.80. The molecule has 0 atom stereocenters. The zero-order valence-corrected chi connectivity index (χ0v) is 13.7. The summed E-state index contributed by atoms with van der Waals surface area (Å²) < 4.78 is 0.885. The Bertz CT molecular complexity index is 821. The molecule has 2 nitrogen and oxygen atoms in total. The third kappa shape index (κ3) is 2.51. The maximum Gasteiger partial charge on any atom is 0.163 e. The van der Waals surface area contributed by atoms with E-state index in [1.807, 2.05) is 24.3 Å². The van der Waals surface area contributed by atoms with Crippen molar-refractivity contribution in [3.05, 3.63) is 56.1 Å². The van der Waals surface area contributed by atoms with Crippen molar-refractivity contribution in [2.24, 2.45) is 0 Å². The van der Waals surface area contributed by atoms with Crippen LogP contribution in [-0.2, 0) is 0 Å². The standard InChI is InChI=1S/C14H6BrCl3N2/c15-7-4-5-8(11(17)6-7)14-19-12-9(13(18)20-14)2-1-3-10(12)16/h1-6H. The normalized spacial score (nSPS) is 11.0. The fourth-order valence-corrected chi connectivity index (χ4v) is 3.08. The highest BCUT2D eigenvalue weighted by molar-refractivity contribution is 9.10. The molecule has 0 radical (unpaired) electrons. The number of rotatable bonds is 1. The van der Waals surface area contributed by atoms with E-state index < -0.39 is 0 Å². The Morgan fingerprint density at radius 1 is 0.900 bits per heavy atom. The fraction of sp³-hybridized carbons (Fsp3) is 0. The number of benzene rings is 2. The van der Waals surface area contributed by atoms with Crippen LogP contribution in [0.15, 0.2) is 40.9 Å². The molecule has 0 saturated carbocycles. The number of halogens is 4. The van der Waals surface area contributed by atoms with Crippen molar-refractivity contribution < 1.29 is 0 Å². The Kier molecular flexibility index (Phi) is 3.87.